The lowest BCUT2D eigenvalue weighted by atomic mass is 9.56. The van der Waals surface area contributed by atoms with Gasteiger partial charge in [0.05, 0.1) is 0 Å². The average molecular weight is 178 g/mol. The largest absolute Gasteiger partial charge is 0.367 e. The molecule has 0 amide bonds. The number of allylic oxidation sites excluding steroid dienone is 1. The minimum atomic E-state index is -0.360. The fourth-order valence-corrected chi connectivity index (χ4v) is 3.11. The molecule has 2 aliphatic carbocycles. The summed E-state index contributed by atoms with van der Waals surface area (Å²) in [4.78, 5) is 11.9. The molecular weight excluding hydrogens is 164 g/mol. The van der Waals surface area contributed by atoms with E-state index in [4.69, 9.17) is 4.74 Å². The molecule has 3 rings (SSSR count). The smallest absolute Gasteiger partial charge is 0.169 e. The number of rotatable bonds is 0. The molecule has 1 heterocycles. The summed E-state index contributed by atoms with van der Waals surface area (Å²) in [5.74, 6) is 1.10. The number of fused-ring (bicyclic) bond motifs is 2. The van der Waals surface area contributed by atoms with Gasteiger partial charge in [0.15, 0.2) is 5.78 Å². The Hall–Kier alpha value is -0.630. The minimum Gasteiger partial charge on any atom is -0.367 e. The van der Waals surface area contributed by atoms with Gasteiger partial charge in [0.2, 0.25) is 0 Å². The first-order valence-electron chi connectivity index (χ1n) is 5.19. The Bertz CT molecular complexity index is 274. The lowest BCUT2D eigenvalue weighted by Gasteiger charge is -2.50. The summed E-state index contributed by atoms with van der Waals surface area (Å²) in [6.45, 7) is 0.781. The summed E-state index contributed by atoms with van der Waals surface area (Å²) >= 11 is 0. The lowest BCUT2D eigenvalue weighted by molar-refractivity contribution is -0.174. The van der Waals surface area contributed by atoms with E-state index in [1.807, 2.05) is 0 Å². The zero-order valence-electron chi connectivity index (χ0n) is 7.66. The SMILES string of the molecule is O=C1[C@H]2CCC=C[C@H]2[C@@]12CCCO2. The quantitative estimate of drug-likeness (QED) is 0.528. The van der Waals surface area contributed by atoms with Crippen molar-refractivity contribution in [3.8, 4) is 0 Å². The van der Waals surface area contributed by atoms with Crippen molar-refractivity contribution in [2.45, 2.75) is 31.3 Å². The Balaban J connectivity index is 1.93. The monoisotopic (exact) mass is 178 g/mol. The zero-order chi connectivity index (χ0) is 8.89. The third kappa shape index (κ3) is 0.798. The van der Waals surface area contributed by atoms with E-state index in [9.17, 15) is 4.79 Å². The second kappa shape index (κ2) is 2.44. The van der Waals surface area contributed by atoms with E-state index in [0.29, 0.717) is 17.6 Å². The minimum absolute atomic E-state index is 0.295. The predicted octanol–water partition coefficient (Wildman–Crippen LogP) is 1.70. The van der Waals surface area contributed by atoms with Crippen molar-refractivity contribution in [1.29, 1.82) is 0 Å². The lowest BCUT2D eigenvalue weighted by Crippen LogP contribution is -2.62. The van der Waals surface area contributed by atoms with Gasteiger partial charge in [0, 0.05) is 18.4 Å². The number of carbonyl (C=O) groups excluding carboxylic acids is 1. The highest BCUT2D eigenvalue weighted by molar-refractivity contribution is 5.97. The van der Waals surface area contributed by atoms with Gasteiger partial charge < -0.3 is 4.74 Å². The summed E-state index contributed by atoms with van der Waals surface area (Å²) in [5.41, 5.74) is -0.360. The maximum atomic E-state index is 11.9. The number of carbonyl (C=O) groups is 1. The van der Waals surface area contributed by atoms with Gasteiger partial charge in [-0.25, -0.2) is 0 Å². The Kier molecular flexibility index (Phi) is 1.46. The standard InChI is InChI=1S/C11H14O2/c12-10-8-4-1-2-5-9(8)11(10)6-3-7-13-11/h2,5,8-9H,1,3-4,6-7H2/t8-,9+,11-/m0/s1. The maximum Gasteiger partial charge on any atom is 0.169 e. The zero-order valence-corrected chi connectivity index (χ0v) is 7.66. The van der Waals surface area contributed by atoms with Crippen LogP contribution in [0.5, 0.6) is 0 Å². The molecule has 2 fully saturated rings. The highest BCUT2D eigenvalue weighted by atomic mass is 16.5. The number of hydrogen-bond donors (Lipinski definition) is 0. The highest BCUT2D eigenvalue weighted by Gasteiger charge is 2.62. The first kappa shape index (κ1) is 7.74. The molecule has 3 atom stereocenters. The number of ether oxygens (including phenoxy) is 1. The van der Waals surface area contributed by atoms with Crippen molar-refractivity contribution in [3.05, 3.63) is 12.2 Å². The summed E-state index contributed by atoms with van der Waals surface area (Å²) in [6.07, 6.45) is 8.55. The van der Waals surface area contributed by atoms with Gasteiger partial charge in [-0.05, 0) is 25.7 Å². The van der Waals surface area contributed by atoms with Crippen molar-refractivity contribution in [3.63, 3.8) is 0 Å². The Labute approximate surface area is 78.0 Å². The van der Waals surface area contributed by atoms with Gasteiger partial charge in [-0.1, -0.05) is 12.2 Å². The third-order valence-electron chi connectivity index (χ3n) is 3.77. The molecule has 13 heavy (non-hydrogen) atoms. The fourth-order valence-electron chi connectivity index (χ4n) is 3.11. The number of Topliss-reactive ketones (excluding diaryl/α,β-unsaturated/α-hetero) is 1. The summed E-state index contributed by atoms with van der Waals surface area (Å²) < 4.78 is 5.66. The van der Waals surface area contributed by atoms with Crippen LogP contribution in [-0.4, -0.2) is 18.0 Å². The van der Waals surface area contributed by atoms with Gasteiger partial charge in [0.25, 0.3) is 0 Å². The molecule has 2 heteroatoms. The molecule has 1 aliphatic heterocycles. The van der Waals surface area contributed by atoms with Crippen LogP contribution in [0.4, 0.5) is 0 Å². The first-order valence-corrected chi connectivity index (χ1v) is 5.19. The third-order valence-corrected chi connectivity index (χ3v) is 3.77. The van der Waals surface area contributed by atoms with E-state index < -0.39 is 0 Å². The number of ketones is 1. The number of hydrogen-bond acceptors (Lipinski definition) is 2. The molecule has 0 unspecified atom stereocenters. The maximum absolute atomic E-state index is 11.9. The molecule has 0 bridgehead atoms. The van der Waals surface area contributed by atoms with E-state index in [-0.39, 0.29) is 5.60 Å². The van der Waals surface area contributed by atoms with Gasteiger partial charge in [-0.15, -0.1) is 0 Å². The summed E-state index contributed by atoms with van der Waals surface area (Å²) in [6, 6.07) is 0. The Morgan fingerprint density at radius 3 is 3.23 bits per heavy atom. The normalized spacial score (nSPS) is 47.8. The summed E-state index contributed by atoms with van der Waals surface area (Å²) in [5, 5.41) is 0. The molecule has 0 N–H and O–H groups in total. The summed E-state index contributed by atoms with van der Waals surface area (Å²) in [7, 11) is 0. The molecule has 1 saturated carbocycles. The van der Waals surface area contributed by atoms with Crippen molar-refractivity contribution in [1.82, 2.24) is 0 Å². The van der Waals surface area contributed by atoms with Crippen LogP contribution in [0.1, 0.15) is 25.7 Å². The second-order valence-corrected chi connectivity index (χ2v) is 4.34. The van der Waals surface area contributed by atoms with Crippen LogP contribution in [0.25, 0.3) is 0 Å². The highest BCUT2D eigenvalue weighted by Crippen LogP contribution is 2.52. The van der Waals surface area contributed by atoms with E-state index in [1.165, 1.54) is 0 Å². The van der Waals surface area contributed by atoms with E-state index in [1.54, 1.807) is 0 Å². The first-order chi connectivity index (χ1) is 6.34. The molecule has 3 aliphatic rings. The van der Waals surface area contributed by atoms with Crippen molar-refractivity contribution in [2.75, 3.05) is 6.61 Å². The van der Waals surface area contributed by atoms with Gasteiger partial charge in [-0.3, -0.25) is 4.79 Å². The van der Waals surface area contributed by atoms with Crippen LogP contribution in [0.15, 0.2) is 12.2 Å². The molecule has 1 saturated heterocycles. The van der Waals surface area contributed by atoms with E-state index in [2.05, 4.69) is 12.2 Å². The van der Waals surface area contributed by atoms with Gasteiger partial charge in [0.1, 0.15) is 5.60 Å². The van der Waals surface area contributed by atoms with Crippen molar-refractivity contribution >= 4 is 5.78 Å². The molecule has 0 radical (unpaired) electrons. The van der Waals surface area contributed by atoms with E-state index >= 15 is 0 Å². The molecule has 0 aromatic carbocycles. The topological polar surface area (TPSA) is 26.3 Å². The molecule has 0 aromatic heterocycles. The van der Waals surface area contributed by atoms with Crippen LogP contribution >= 0.6 is 0 Å². The Morgan fingerprint density at radius 1 is 1.54 bits per heavy atom. The molecule has 0 aromatic rings. The van der Waals surface area contributed by atoms with Crippen LogP contribution in [0.2, 0.25) is 0 Å². The molecule has 2 nitrogen and oxygen atoms in total. The van der Waals surface area contributed by atoms with Crippen LogP contribution < -0.4 is 0 Å². The molecule has 70 valence electrons. The predicted molar refractivity (Wildman–Crippen MR) is 48.3 cm³/mol. The van der Waals surface area contributed by atoms with Crippen molar-refractivity contribution in [2.24, 2.45) is 11.8 Å². The molecule has 1 spiro atoms. The van der Waals surface area contributed by atoms with Crippen molar-refractivity contribution < 1.29 is 9.53 Å². The van der Waals surface area contributed by atoms with Crippen LogP contribution in [0.3, 0.4) is 0 Å². The van der Waals surface area contributed by atoms with Gasteiger partial charge >= 0.3 is 0 Å². The van der Waals surface area contributed by atoms with Crippen LogP contribution in [-0.2, 0) is 9.53 Å². The van der Waals surface area contributed by atoms with E-state index in [0.717, 1.165) is 32.3 Å². The van der Waals surface area contributed by atoms with Crippen LogP contribution in [0, 0.1) is 11.8 Å². The van der Waals surface area contributed by atoms with Gasteiger partial charge in [-0.2, -0.15) is 0 Å². The Morgan fingerprint density at radius 2 is 2.46 bits per heavy atom. The average Bonchev–Trinajstić information content (AvgIpc) is 2.68. The second-order valence-electron chi connectivity index (χ2n) is 4.34. The fraction of sp³-hybridized carbons (Fsp3) is 0.727. The molecular formula is C11H14O2.